The van der Waals surface area contributed by atoms with Gasteiger partial charge in [0.15, 0.2) is 23.7 Å². The maximum absolute atomic E-state index is 11.7. The fourth-order valence-corrected chi connectivity index (χ4v) is 4.40. The number of hydrogen-bond donors (Lipinski definition) is 0. The highest BCUT2D eigenvalue weighted by molar-refractivity contribution is 7.99. The van der Waals surface area contributed by atoms with E-state index < -0.39 is 41.7 Å². The summed E-state index contributed by atoms with van der Waals surface area (Å²) in [4.78, 5) is 43.6. The molecule has 0 aliphatic carbocycles. The Labute approximate surface area is 189 Å². The van der Waals surface area contributed by atoms with Crippen LogP contribution in [0, 0.1) is 6.92 Å². The van der Waals surface area contributed by atoms with Crippen LogP contribution in [0.15, 0.2) is 36.7 Å². The normalized spacial score (nSPS) is 22.5. The summed E-state index contributed by atoms with van der Waals surface area (Å²) in [6.45, 7) is 5.64. The molecule has 1 fully saturated rings. The topological polar surface area (TPSA) is 114 Å². The number of hydrogen-bond acceptors (Lipinski definition) is 10. The van der Waals surface area contributed by atoms with Crippen LogP contribution in [-0.4, -0.2) is 57.4 Å². The number of thioether (sulfide) groups is 1. The van der Waals surface area contributed by atoms with Crippen LogP contribution in [0.4, 0.5) is 0 Å². The summed E-state index contributed by atoms with van der Waals surface area (Å²) < 4.78 is 22.1. The third-order valence-electron chi connectivity index (χ3n) is 4.50. The number of pyridine rings is 2. The second kappa shape index (κ2) is 10.4. The van der Waals surface area contributed by atoms with E-state index in [1.807, 2.05) is 19.1 Å². The van der Waals surface area contributed by atoms with Crippen molar-refractivity contribution in [3.8, 4) is 17.0 Å². The van der Waals surface area contributed by atoms with Crippen molar-refractivity contribution in [1.82, 2.24) is 9.97 Å². The number of aromatic nitrogens is 2. The highest BCUT2D eigenvalue weighted by Gasteiger charge is 2.47. The van der Waals surface area contributed by atoms with E-state index in [-0.39, 0.29) is 0 Å². The fourth-order valence-electron chi connectivity index (χ4n) is 3.18. The Hall–Kier alpha value is -3.14. The molecule has 1 unspecified atom stereocenters. The average molecular weight is 461 g/mol. The number of rotatable bonds is 6. The highest BCUT2D eigenvalue weighted by Crippen LogP contribution is 2.34. The second-order valence-corrected chi connectivity index (χ2v) is 8.31. The molecule has 0 aromatic carbocycles. The van der Waals surface area contributed by atoms with Gasteiger partial charge in [-0.15, -0.1) is 11.8 Å². The summed E-state index contributed by atoms with van der Waals surface area (Å²) in [7, 11) is 0. The molecule has 32 heavy (non-hydrogen) atoms. The molecule has 4 atom stereocenters. The molecule has 170 valence electrons. The molecule has 9 nitrogen and oxygen atoms in total. The second-order valence-electron chi connectivity index (χ2n) is 7.18. The van der Waals surface area contributed by atoms with Gasteiger partial charge in [-0.25, -0.2) is 0 Å². The van der Waals surface area contributed by atoms with Crippen LogP contribution in [0.2, 0.25) is 0 Å². The van der Waals surface area contributed by atoms with Crippen molar-refractivity contribution in [3.05, 3.63) is 42.4 Å². The Morgan fingerprint density at radius 3 is 2.12 bits per heavy atom. The van der Waals surface area contributed by atoms with Gasteiger partial charge in [0.1, 0.15) is 5.75 Å². The van der Waals surface area contributed by atoms with Crippen LogP contribution in [0.1, 0.15) is 26.5 Å². The van der Waals surface area contributed by atoms with Crippen LogP contribution in [0.25, 0.3) is 11.3 Å². The first-order chi connectivity index (χ1) is 15.2. The molecule has 1 saturated heterocycles. The standard InChI is InChI=1S/C22H24N2O7S/c1-12-5-6-16(9-23-12)18-8-7-17(10-24-18)31-22-21(30-15(4)27)20(29-14(3)26)19(11-32-22)28-13(2)25/h5-10,19-22H,11H2,1-4H3/t19-,20+,21-,22?/m1/s1. The number of aryl methyl sites for hydroxylation is 1. The smallest absolute Gasteiger partial charge is 0.303 e. The van der Waals surface area contributed by atoms with Gasteiger partial charge in [-0.05, 0) is 31.2 Å². The molecule has 2 aromatic heterocycles. The van der Waals surface area contributed by atoms with E-state index in [4.69, 9.17) is 18.9 Å². The molecule has 0 saturated carbocycles. The maximum atomic E-state index is 11.7. The molecule has 1 aliphatic heterocycles. The quantitative estimate of drug-likeness (QED) is 0.471. The van der Waals surface area contributed by atoms with Gasteiger partial charge in [0.25, 0.3) is 0 Å². The average Bonchev–Trinajstić information content (AvgIpc) is 2.72. The van der Waals surface area contributed by atoms with E-state index in [1.54, 1.807) is 24.5 Å². The Morgan fingerprint density at radius 1 is 0.875 bits per heavy atom. The van der Waals surface area contributed by atoms with Gasteiger partial charge >= 0.3 is 17.9 Å². The Kier molecular flexibility index (Phi) is 7.68. The van der Waals surface area contributed by atoms with Crippen molar-refractivity contribution >= 4 is 29.7 Å². The van der Waals surface area contributed by atoms with E-state index in [9.17, 15) is 14.4 Å². The zero-order chi connectivity index (χ0) is 23.3. The van der Waals surface area contributed by atoms with Gasteiger partial charge < -0.3 is 18.9 Å². The number of nitrogens with zero attached hydrogens (tertiary/aromatic N) is 2. The van der Waals surface area contributed by atoms with E-state index in [0.29, 0.717) is 11.5 Å². The van der Waals surface area contributed by atoms with Gasteiger partial charge in [0.05, 0.1) is 11.9 Å². The summed E-state index contributed by atoms with van der Waals surface area (Å²) in [6.07, 6.45) is 0.530. The van der Waals surface area contributed by atoms with Crippen LogP contribution in [0.5, 0.6) is 5.75 Å². The van der Waals surface area contributed by atoms with Gasteiger partial charge in [0.2, 0.25) is 0 Å². The monoisotopic (exact) mass is 460 g/mol. The van der Waals surface area contributed by atoms with Gasteiger partial charge in [0, 0.05) is 44.0 Å². The van der Waals surface area contributed by atoms with Crippen molar-refractivity contribution < 1.29 is 33.3 Å². The van der Waals surface area contributed by atoms with Crippen LogP contribution in [0.3, 0.4) is 0 Å². The van der Waals surface area contributed by atoms with Crippen molar-refractivity contribution in [1.29, 1.82) is 0 Å². The lowest BCUT2D eigenvalue weighted by Gasteiger charge is -2.39. The Balaban J connectivity index is 1.80. The summed E-state index contributed by atoms with van der Waals surface area (Å²) in [5.41, 5.74) is 1.80. The van der Waals surface area contributed by atoms with E-state index in [2.05, 4.69) is 9.97 Å². The minimum absolute atomic E-state index is 0.292. The molecule has 2 aromatic rings. The van der Waals surface area contributed by atoms with Crippen molar-refractivity contribution in [3.63, 3.8) is 0 Å². The third-order valence-corrected chi connectivity index (χ3v) is 5.71. The van der Waals surface area contributed by atoms with Crippen LogP contribution in [-0.2, 0) is 28.6 Å². The summed E-state index contributed by atoms with van der Waals surface area (Å²) in [6, 6.07) is 7.37. The minimum Gasteiger partial charge on any atom is -0.474 e. The first-order valence-corrected chi connectivity index (χ1v) is 11.0. The molecule has 1 aliphatic rings. The first kappa shape index (κ1) is 23.5. The molecule has 0 amide bonds. The maximum Gasteiger partial charge on any atom is 0.303 e. The van der Waals surface area contributed by atoms with E-state index in [1.165, 1.54) is 32.5 Å². The molecular weight excluding hydrogens is 436 g/mol. The molecule has 0 spiro atoms. The van der Waals surface area contributed by atoms with Gasteiger partial charge in [-0.2, -0.15) is 0 Å². The first-order valence-electron chi connectivity index (χ1n) is 9.92. The van der Waals surface area contributed by atoms with E-state index >= 15 is 0 Å². The van der Waals surface area contributed by atoms with Crippen molar-refractivity contribution in [2.45, 2.75) is 51.4 Å². The van der Waals surface area contributed by atoms with Gasteiger partial charge in [-0.1, -0.05) is 0 Å². The zero-order valence-electron chi connectivity index (χ0n) is 18.1. The van der Waals surface area contributed by atoms with E-state index in [0.717, 1.165) is 17.0 Å². The fraction of sp³-hybridized carbons (Fsp3) is 0.409. The molecule has 0 bridgehead atoms. The molecule has 10 heteroatoms. The molecule has 3 rings (SSSR count). The molecule has 0 radical (unpaired) electrons. The molecule has 3 heterocycles. The SMILES string of the molecule is CC(=O)O[C@H]1[C@H](OC(C)=O)CSC(Oc2ccc(-c3ccc(C)nc3)nc2)[C@@H]1OC(C)=O. The lowest BCUT2D eigenvalue weighted by atomic mass is 10.1. The molecular formula is C22H24N2O7S. The number of carbonyl (C=O) groups excluding carboxylic acids is 3. The predicted molar refractivity (Wildman–Crippen MR) is 116 cm³/mol. The zero-order valence-corrected chi connectivity index (χ0v) is 19.0. The van der Waals surface area contributed by atoms with Crippen LogP contribution < -0.4 is 4.74 Å². The molecule has 0 N–H and O–H groups in total. The predicted octanol–water partition coefficient (Wildman–Crippen LogP) is 2.70. The summed E-state index contributed by atoms with van der Waals surface area (Å²) in [5, 5.41) is 0. The Bertz CT molecular complexity index is 965. The Morgan fingerprint density at radius 2 is 1.56 bits per heavy atom. The van der Waals surface area contributed by atoms with Crippen LogP contribution >= 0.6 is 11.8 Å². The van der Waals surface area contributed by atoms with Crippen molar-refractivity contribution in [2.75, 3.05) is 5.75 Å². The summed E-state index contributed by atoms with van der Waals surface area (Å²) in [5.74, 6) is -0.964. The largest absolute Gasteiger partial charge is 0.474 e. The summed E-state index contributed by atoms with van der Waals surface area (Å²) >= 11 is 1.29. The lowest BCUT2D eigenvalue weighted by molar-refractivity contribution is -0.186. The van der Waals surface area contributed by atoms with Crippen molar-refractivity contribution in [2.24, 2.45) is 0 Å². The minimum atomic E-state index is -1.00. The lowest BCUT2D eigenvalue weighted by Crippen LogP contribution is -2.55. The number of carbonyl (C=O) groups is 3. The van der Waals surface area contributed by atoms with Gasteiger partial charge in [-0.3, -0.25) is 24.4 Å². The highest BCUT2D eigenvalue weighted by atomic mass is 32.2. The number of ether oxygens (including phenoxy) is 4. The third kappa shape index (κ3) is 6.19. The number of esters is 3.